The maximum absolute atomic E-state index is 13.6. The lowest BCUT2D eigenvalue weighted by Gasteiger charge is -2.19. The molecule has 0 unspecified atom stereocenters. The molecule has 0 saturated heterocycles. The van der Waals surface area contributed by atoms with E-state index in [1.54, 1.807) is 28.6 Å². The van der Waals surface area contributed by atoms with E-state index in [9.17, 15) is 4.79 Å². The van der Waals surface area contributed by atoms with Crippen LogP contribution in [0.1, 0.15) is 26.6 Å². The van der Waals surface area contributed by atoms with Crippen LogP contribution in [0.4, 0.5) is 0 Å². The number of carbonyl (C=O) groups is 1. The highest BCUT2D eigenvalue weighted by Crippen LogP contribution is 2.27. The Morgan fingerprint density at radius 1 is 1.10 bits per heavy atom. The van der Waals surface area contributed by atoms with E-state index >= 15 is 0 Å². The highest BCUT2D eigenvalue weighted by atomic mass is 32.1. The lowest BCUT2D eigenvalue weighted by atomic mass is 10.0. The van der Waals surface area contributed by atoms with E-state index in [4.69, 9.17) is 4.98 Å². The van der Waals surface area contributed by atoms with E-state index in [0.717, 1.165) is 38.5 Å². The van der Waals surface area contributed by atoms with E-state index in [0.29, 0.717) is 12.1 Å². The van der Waals surface area contributed by atoms with Crippen molar-refractivity contribution in [3.05, 3.63) is 82.9 Å². The van der Waals surface area contributed by atoms with Gasteiger partial charge in [0, 0.05) is 41.5 Å². The molecule has 0 radical (unpaired) electrons. The molecule has 0 N–H and O–H groups in total. The Morgan fingerprint density at radius 2 is 1.87 bits per heavy atom. The summed E-state index contributed by atoms with van der Waals surface area (Å²) in [7, 11) is 1.84. The van der Waals surface area contributed by atoms with E-state index < -0.39 is 0 Å². The van der Waals surface area contributed by atoms with E-state index in [1.807, 2.05) is 56.4 Å². The Hall–Kier alpha value is -3.58. The maximum atomic E-state index is 13.6. The number of aryl methyl sites for hydroxylation is 2. The monoisotopic (exact) mass is 427 g/mol. The minimum Gasteiger partial charge on any atom is -0.336 e. The number of thiazole rings is 1. The van der Waals surface area contributed by atoms with Crippen molar-refractivity contribution in [2.75, 3.05) is 7.05 Å². The van der Waals surface area contributed by atoms with Crippen LogP contribution in [0.3, 0.4) is 0 Å². The SMILES string of the molecule is Cc1cn2c(CN(C)C(=O)c3cc(-c4ccncc4)nc4ccccc34)c(C)nc2s1. The van der Waals surface area contributed by atoms with E-state index in [2.05, 4.69) is 27.5 Å². The van der Waals surface area contributed by atoms with Crippen LogP contribution >= 0.6 is 11.3 Å². The minimum absolute atomic E-state index is 0.0461. The molecule has 1 amide bonds. The van der Waals surface area contributed by atoms with Gasteiger partial charge in [0.2, 0.25) is 0 Å². The van der Waals surface area contributed by atoms with Gasteiger partial charge in [-0.15, -0.1) is 11.3 Å². The normalized spacial score (nSPS) is 11.3. The molecular weight excluding hydrogens is 406 g/mol. The molecule has 5 rings (SSSR count). The Bertz CT molecular complexity index is 1420. The van der Waals surface area contributed by atoms with Crippen molar-refractivity contribution in [2.45, 2.75) is 20.4 Å². The van der Waals surface area contributed by atoms with Gasteiger partial charge in [0.25, 0.3) is 5.91 Å². The molecular formula is C24H21N5OS. The number of hydrogen-bond acceptors (Lipinski definition) is 5. The highest BCUT2D eigenvalue weighted by Gasteiger charge is 2.20. The van der Waals surface area contributed by atoms with Crippen LogP contribution in [-0.2, 0) is 6.54 Å². The molecule has 0 aliphatic heterocycles. The molecule has 0 saturated carbocycles. The summed E-state index contributed by atoms with van der Waals surface area (Å²) < 4.78 is 2.09. The second-order valence-electron chi connectivity index (χ2n) is 7.61. The van der Waals surface area contributed by atoms with Crippen molar-refractivity contribution >= 4 is 33.1 Å². The van der Waals surface area contributed by atoms with Crippen molar-refractivity contribution in [3.63, 3.8) is 0 Å². The number of aromatic nitrogens is 4. The lowest BCUT2D eigenvalue weighted by molar-refractivity contribution is 0.0785. The Morgan fingerprint density at radius 3 is 2.68 bits per heavy atom. The molecule has 0 fully saturated rings. The summed E-state index contributed by atoms with van der Waals surface area (Å²) in [6.07, 6.45) is 5.55. The quantitative estimate of drug-likeness (QED) is 0.409. The number of hydrogen-bond donors (Lipinski definition) is 0. The first kappa shape index (κ1) is 19.4. The van der Waals surface area contributed by atoms with Gasteiger partial charge in [-0.1, -0.05) is 18.2 Å². The molecule has 154 valence electrons. The number of rotatable bonds is 4. The minimum atomic E-state index is -0.0461. The number of pyridine rings is 2. The Labute approximate surface area is 183 Å². The van der Waals surface area contributed by atoms with Gasteiger partial charge in [0.05, 0.1) is 34.7 Å². The summed E-state index contributed by atoms with van der Waals surface area (Å²) in [6.45, 7) is 4.53. The van der Waals surface area contributed by atoms with Crippen LogP contribution in [0.2, 0.25) is 0 Å². The van der Waals surface area contributed by atoms with Crippen molar-refractivity contribution < 1.29 is 4.79 Å². The standard InChI is InChI=1S/C24H21N5OS/c1-15-13-29-22(16(2)26-24(29)31-15)14-28(3)23(30)19-12-21(17-8-10-25-11-9-17)27-20-7-5-4-6-18(19)20/h4-13H,14H2,1-3H3. The van der Waals surface area contributed by atoms with Gasteiger partial charge < -0.3 is 4.90 Å². The zero-order valence-corrected chi connectivity index (χ0v) is 18.3. The molecule has 4 heterocycles. The van der Waals surface area contributed by atoms with Gasteiger partial charge in [-0.25, -0.2) is 9.97 Å². The Kier molecular flexibility index (Phi) is 4.75. The number of fused-ring (bicyclic) bond motifs is 2. The summed E-state index contributed by atoms with van der Waals surface area (Å²) in [4.78, 5) is 31.0. The number of benzene rings is 1. The molecule has 0 bridgehead atoms. The summed E-state index contributed by atoms with van der Waals surface area (Å²) in [5.74, 6) is -0.0461. The van der Waals surface area contributed by atoms with Gasteiger partial charge in [-0.05, 0) is 38.1 Å². The van der Waals surface area contributed by atoms with Crippen LogP contribution in [-0.4, -0.2) is 37.2 Å². The summed E-state index contributed by atoms with van der Waals surface area (Å²) in [5, 5.41) is 0.846. The summed E-state index contributed by atoms with van der Waals surface area (Å²) in [6, 6.07) is 13.4. The number of carbonyl (C=O) groups excluding carboxylic acids is 1. The predicted molar refractivity (Wildman–Crippen MR) is 123 cm³/mol. The molecule has 0 spiro atoms. The zero-order chi connectivity index (χ0) is 21.5. The molecule has 1 aromatic carbocycles. The molecule has 5 aromatic rings. The van der Waals surface area contributed by atoms with Crippen molar-refractivity contribution in [1.29, 1.82) is 0 Å². The summed E-state index contributed by atoms with van der Waals surface area (Å²) in [5.41, 5.74) is 5.10. The molecule has 0 aliphatic carbocycles. The lowest BCUT2D eigenvalue weighted by Crippen LogP contribution is -2.27. The van der Waals surface area contributed by atoms with Gasteiger partial charge in [0.1, 0.15) is 0 Å². The third-order valence-electron chi connectivity index (χ3n) is 5.40. The fourth-order valence-corrected chi connectivity index (χ4v) is 4.71. The van der Waals surface area contributed by atoms with Gasteiger partial charge >= 0.3 is 0 Å². The molecule has 4 aromatic heterocycles. The fourth-order valence-electron chi connectivity index (χ4n) is 3.82. The predicted octanol–water partition coefficient (Wildman–Crippen LogP) is 4.90. The third kappa shape index (κ3) is 3.47. The average Bonchev–Trinajstić information content (AvgIpc) is 3.28. The molecule has 7 heteroatoms. The molecule has 0 atom stereocenters. The first-order valence-electron chi connectivity index (χ1n) is 10.0. The second kappa shape index (κ2) is 7.59. The first-order valence-corrected chi connectivity index (χ1v) is 10.8. The third-order valence-corrected chi connectivity index (χ3v) is 6.30. The number of nitrogens with zero attached hydrogens (tertiary/aromatic N) is 5. The molecule has 6 nitrogen and oxygen atoms in total. The molecule has 31 heavy (non-hydrogen) atoms. The van der Waals surface area contributed by atoms with E-state index in [1.165, 1.54) is 4.88 Å². The molecule has 0 aliphatic rings. The fraction of sp³-hybridized carbons (Fsp3) is 0.167. The van der Waals surface area contributed by atoms with Crippen molar-refractivity contribution in [1.82, 2.24) is 24.3 Å². The van der Waals surface area contributed by atoms with Crippen LogP contribution in [0, 0.1) is 13.8 Å². The largest absolute Gasteiger partial charge is 0.336 e. The zero-order valence-electron chi connectivity index (χ0n) is 17.5. The Balaban J connectivity index is 1.56. The number of para-hydroxylation sites is 1. The number of amides is 1. The maximum Gasteiger partial charge on any atom is 0.254 e. The van der Waals surface area contributed by atoms with Crippen LogP contribution < -0.4 is 0 Å². The van der Waals surface area contributed by atoms with Gasteiger partial charge in [0.15, 0.2) is 4.96 Å². The smallest absolute Gasteiger partial charge is 0.254 e. The van der Waals surface area contributed by atoms with Crippen molar-refractivity contribution in [3.8, 4) is 11.3 Å². The average molecular weight is 428 g/mol. The van der Waals surface area contributed by atoms with Crippen LogP contribution in [0.5, 0.6) is 0 Å². The van der Waals surface area contributed by atoms with Crippen LogP contribution in [0.15, 0.2) is 61.1 Å². The van der Waals surface area contributed by atoms with Crippen LogP contribution in [0.25, 0.3) is 27.1 Å². The highest BCUT2D eigenvalue weighted by molar-refractivity contribution is 7.17. The second-order valence-corrected chi connectivity index (χ2v) is 8.82. The first-order chi connectivity index (χ1) is 15.0. The van der Waals surface area contributed by atoms with Gasteiger partial charge in [-0.2, -0.15) is 0 Å². The van der Waals surface area contributed by atoms with E-state index in [-0.39, 0.29) is 5.91 Å². The van der Waals surface area contributed by atoms with Gasteiger partial charge in [-0.3, -0.25) is 14.2 Å². The topological polar surface area (TPSA) is 63.4 Å². The number of imidazole rings is 1. The summed E-state index contributed by atoms with van der Waals surface area (Å²) >= 11 is 1.66. The van der Waals surface area contributed by atoms with Crippen molar-refractivity contribution in [2.24, 2.45) is 0 Å².